The molecule has 0 unspecified atom stereocenters. The van der Waals surface area contributed by atoms with Crippen LogP contribution in [0.4, 0.5) is 4.79 Å². The standard InChI is InChI=1S/C16H28N2O3/c1-11-7-9-18(10-8-11)14(19)13(12-5-6-12)17-15(20)21-16(2,3)4/h11-13H,5-10H2,1-4H3,(H,17,20)/t13-/m0/s1. The molecule has 2 aliphatic rings. The van der Waals surface area contributed by atoms with E-state index in [1.54, 1.807) is 0 Å². The van der Waals surface area contributed by atoms with Gasteiger partial charge >= 0.3 is 6.09 Å². The van der Waals surface area contributed by atoms with Gasteiger partial charge in [0.05, 0.1) is 0 Å². The Morgan fingerprint density at radius 2 is 1.71 bits per heavy atom. The molecule has 2 fully saturated rings. The van der Waals surface area contributed by atoms with Crippen molar-refractivity contribution < 1.29 is 14.3 Å². The molecule has 0 aromatic heterocycles. The fourth-order valence-corrected chi connectivity index (χ4v) is 2.67. The molecule has 1 N–H and O–H groups in total. The second-order valence-electron chi connectivity index (χ2n) is 7.47. The summed E-state index contributed by atoms with van der Waals surface area (Å²) in [6, 6.07) is -0.409. The van der Waals surface area contributed by atoms with Gasteiger partial charge in [-0.3, -0.25) is 4.79 Å². The van der Waals surface area contributed by atoms with Crippen molar-refractivity contribution in [2.45, 2.75) is 65.0 Å². The number of carbonyl (C=O) groups excluding carboxylic acids is 2. The zero-order valence-corrected chi connectivity index (χ0v) is 13.6. The molecule has 0 aromatic carbocycles. The van der Waals surface area contributed by atoms with Crippen LogP contribution in [0.2, 0.25) is 0 Å². The molecule has 2 rings (SSSR count). The molecule has 5 nitrogen and oxygen atoms in total. The molecule has 0 bridgehead atoms. The van der Waals surface area contributed by atoms with Gasteiger partial charge in [-0.1, -0.05) is 6.92 Å². The number of nitrogens with one attached hydrogen (secondary N) is 1. The Balaban J connectivity index is 1.92. The molecule has 120 valence electrons. The van der Waals surface area contributed by atoms with Gasteiger partial charge in [0.2, 0.25) is 5.91 Å². The summed E-state index contributed by atoms with van der Waals surface area (Å²) in [5.41, 5.74) is -0.540. The number of amides is 2. The van der Waals surface area contributed by atoms with Gasteiger partial charge in [-0.15, -0.1) is 0 Å². The Morgan fingerprint density at radius 1 is 1.14 bits per heavy atom. The van der Waals surface area contributed by atoms with Crippen LogP contribution in [-0.4, -0.2) is 41.6 Å². The molecule has 0 aromatic rings. The van der Waals surface area contributed by atoms with Crippen molar-refractivity contribution in [3.05, 3.63) is 0 Å². The molecule has 2 amide bonds. The van der Waals surface area contributed by atoms with E-state index < -0.39 is 17.7 Å². The first-order chi connectivity index (χ1) is 9.76. The monoisotopic (exact) mass is 296 g/mol. The van der Waals surface area contributed by atoms with Gasteiger partial charge in [-0.2, -0.15) is 0 Å². The van der Waals surface area contributed by atoms with E-state index in [9.17, 15) is 9.59 Å². The molecule has 5 heteroatoms. The van der Waals surface area contributed by atoms with Gasteiger partial charge in [0, 0.05) is 13.1 Å². The molecule has 1 aliphatic carbocycles. The summed E-state index contributed by atoms with van der Waals surface area (Å²) in [7, 11) is 0. The smallest absolute Gasteiger partial charge is 0.408 e. The van der Waals surface area contributed by atoms with Gasteiger partial charge < -0.3 is 15.0 Å². The van der Waals surface area contributed by atoms with Crippen LogP contribution in [0.3, 0.4) is 0 Å². The van der Waals surface area contributed by atoms with E-state index in [0.717, 1.165) is 38.8 Å². The van der Waals surface area contributed by atoms with Crippen LogP contribution in [-0.2, 0) is 9.53 Å². The Kier molecular flexibility index (Phi) is 4.79. The minimum Gasteiger partial charge on any atom is -0.444 e. The minimum atomic E-state index is -0.540. The highest BCUT2D eigenvalue weighted by Gasteiger charge is 2.40. The number of hydrogen-bond donors (Lipinski definition) is 1. The predicted molar refractivity (Wildman–Crippen MR) is 80.9 cm³/mol. The van der Waals surface area contributed by atoms with Gasteiger partial charge in [-0.05, 0) is 58.3 Å². The highest BCUT2D eigenvalue weighted by molar-refractivity contribution is 5.86. The number of nitrogens with zero attached hydrogens (tertiary/aromatic N) is 1. The fraction of sp³-hybridized carbons (Fsp3) is 0.875. The maximum Gasteiger partial charge on any atom is 0.408 e. The van der Waals surface area contributed by atoms with Crippen LogP contribution in [0.25, 0.3) is 0 Å². The Labute approximate surface area is 127 Å². The summed E-state index contributed by atoms with van der Waals surface area (Å²) in [6.07, 6.45) is 3.64. The van der Waals surface area contributed by atoms with Gasteiger partial charge in [0.25, 0.3) is 0 Å². The zero-order chi connectivity index (χ0) is 15.6. The molecule has 1 atom stereocenters. The van der Waals surface area contributed by atoms with E-state index in [1.165, 1.54) is 0 Å². The van der Waals surface area contributed by atoms with Crippen molar-refractivity contribution >= 4 is 12.0 Å². The van der Waals surface area contributed by atoms with Gasteiger partial charge in [-0.25, -0.2) is 4.79 Å². The second kappa shape index (κ2) is 6.24. The Hall–Kier alpha value is -1.26. The number of ether oxygens (including phenoxy) is 1. The molecular weight excluding hydrogens is 268 g/mol. The van der Waals surface area contributed by atoms with E-state index >= 15 is 0 Å². The lowest BCUT2D eigenvalue weighted by atomic mass is 9.98. The highest BCUT2D eigenvalue weighted by atomic mass is 16.6. The topological polar surface area (TPSA) is 58.6 Å². The number of alkyl carbamates (subject to hydrolysis) is 1. The van der Waals surface area contributed by atoms with Crippen molar-refractivity contribution in [1.29, 1.82) is 0 Å². The average molecular weight is 296 g/mol. The van der Waals surface area contributed by atoms with E-state index in [2.05, 4.69) is 12.2 Å². The third kappa shape index (κ3) is 4.90. The zero-order valence-electron chi connectivity index (χ0n) is 13.6. The van der Waals surface area contributed by atoms with E-state index in [1.807, 2.05) is 25.7 Å². The van der Waals surface area contributed by atoms with Crippen LogP contribution >= 0.6 is 0 Å². The first-order valence-electron chi connectivity index (χ1n) is 8.04. The molecule has 1 saturated heterocycles. The van der Waals surface area contributed by atoms with Crippen LogP contribution < -0.4 is 5.32 Å². The van der Waals surface area contributed by atoms with E-state index in [4.69, 9.17) is 4.74 Å². The van der Waals surface area contributed by atoms with Crippen molar-refractivity contribution in [2.24, 2.45) is 11.8 Å². The van der Waals surface area contributed by atoms with Crippen LogP contribution in [0.5, 0.6) is 0 Å². The maximum atomic E-state index is 12.6. The van der Waals surface area contributed by atoms with Gasteiger partial charge in [0.15, 0.2) is 0 Å². The molecule has 0 spiro atoms. The molecular formula is C16H28N2O3. The van der Waals surface area contributed by atoms with Crippen molar-refractivity contribution in [3.8, 4) is 0 Å². The molecule has 21 heavy (non-hydrogen) atoms. The van der Waals surface area contributed by atoms with Crippen molar-refractivity contribution in [1.82, 2.24) is 10.2 Å². The minimum absolute atomic E-state index is 0.0651. The molecule has 1 heterocycles. The van der Waals surface area contributed by atoms with Crippen molar-refractivity contribution in [2.75, 3.05) is 13.1 Å². The van der Waals surface area contributed by atoms with Gasteiger partial charge in [0.1, 0.15) is 11.6 Å². The second-order valence-corrected chi connectivity index (χ2v) is 7.47. The SMILES string of the molecule is CC1CCN(C(=O)[C@@H](NC(=O)OC(C)(C)C)C2CC2)CC1. The lowest BCUT2D eigenvalue weighted by Crippen LogP contribution is -2.52. The fourth-order valence-electron chi connectivity index (χ4n) is 2.67. The lowest BCUT2D eigenvalue weighted by Gasteiger charge is -2.33. The van der Waals surface area contributed by atoms with E-state index in [-0.39, 0.29) is 11.8 Å². The quantitative estimate of drug-likeness (QED) is 0.870. The average Bonchev–Trinajstić information content (AvgIpc) is 3.18. The number of carbonyl (C=O) groups is 2. The number of hydrogen-bond acceptors (Lipinski definition) is 3. The normalized spacial score (nSPS) is 21.8. The molecule has 0 radical (unpaired) electrons. The summed E-state index contributed by atoms with van der Waals surface area (Å²) in [5, 5.41) is 2.79. The maximum absolute atomic E-state index is 12.6. The summed E-state index contributed by atoms with van der Waals surface area (Å²) in [5.74, 6) is 1.03. The summed E-state index contributed by atoms with van der Waals surface area (Å²) >= 11 is 0. The van der Waals surface area contributed by atoms with Crippen LogP contribution in [0, 0.1) is 11.8 Å². The van der Waals surface area contributed by atoms with Crippen LogP contribution in [0.15, 0.2) is 0 Å². The highest BCUT2D eigenvalue weighted by Crippen LogP contribution is 2.34. The van der Waals surface area contributed by atoms with E-state index in [0.29, 0.717) is 5.92 Å². The summed E-state index contributed by atoms with van der Waals surface area (Å²) in [6.45, 7) is 9.31. The molecule has 1 saturated carbocycles. The first kappa shape index (κ1) is 16.1. The van der Waals surface area contributed by atoms with Crippen molar-refractivity contribution in [3.63, 3.8) is 0 Å². The lowest BCUT2D eigenvalue weighted by molar-refractivity contribution is -0.135. The van der Waals surface area contributed by atoms with Crippen LogP contribution in [0.1, 0.15) is 53.4 Å². The summed E-state index contributed by atoms with van der Waals surface area (Å²) < 4.78 is 5.28. The Bertz CT molecular complexity index is 391. The third-order valence-corrected chi connectivity index (χ3v) is 4.13. The first-order valence-corrected chi connectivity index (χ1v) is 8.04. The third-order valence-electron chi connectivity index (χ3n) is 4.13. The summed E-state index contributed by atoms with van der Waals surface area (Å²) in [4.78, 5) is 26.5. The largest absolute Gasteiger partial charge is 0.444 e. The molecule has 1 aliphatic heterocycles. The number of piperidine rings is 1. The number of likely N-dealkylation sites (tertiary alicyclic amines) is 1. The Morgan fingerprint density at radius 3 is 2.19 bits per heavy atom. The predicted octanol–water partition coefficient (Wildman–Crippen LogP) is 2.55. The number of rotatable bonds is 3.